The molecule has 2 aromatic rings. The van der Waals surface area contributed by atoms with E-state index in [4.69, 9.17) is 16.3 Å². The zero-order chi connectivity index (χ0) is 19.4. The predicted octanol–water partition coefficient (Wildman–Crippen LogP) is 5.32. The van der Waals surface area contributed by atoms with E-state index in [0.717, 1.165) is 11.1 Å². The number of hydrogen-bond acceptors (Lipinski definition) is 4. The van der Waals surface area contributed by atoms with E-state index in [1.54, 1.807) is 42.4 Å². The number of nitrogens with zero attached hydrogens (tertiary/aromatic N) is 2. The number of carbonyl (C=O) groups excluding carboxylic acids is 1. The van der Waals surface area contributed by atoms with Crippen molar-refractivity contribution in [3.63, 3.8) is 0 Å². The Balaban J connectivity index is 1.98. The van der Waals surface area contributed by atoms with Gasteiger partial charge in [0.25, 0.3) is 5.91 Å². The number of aliphatic imine (C=N–C) groups is 1. The molecule has 1 amide bonds. The van der Waals surface area contributed by atoms with Crippen LogP contribution in [0.5, 0.6) is 5.75 Å². The monoisotopic (exact) mass is 398 g/mol. The molecular weight excluding hydrogens is 380 g/mol. The molecule has 3 rings (SSSR count). The van der Waals surface area contributed by atoms with Gasteiger partial charge in [0.2, 0.25) is 0 Å². The highest BCUT2D eigenvalue weighted by Crippen LogP contribution is 2.34. The summed E-state index contributed by atoms with van der Waals surface area (Å²) in [5, 5.41) is 1.03. The van der Waals surface area contributed by atoms with Crippen molar-refractivity contribution in [2.45, 2.75) is 6.92 Å². The van der Waals surface area contributed by atoms with Crippen LogP contribution < -0.4 is 9.64 Å². The van der Waals surface area contributed by atoms with Crippen LogP contribution in [-0.2, 0) is 4.79 Å². The number of anilines is 1. The first-order valence-corrected chi connectivity index (χ1v) is 9.68. The van der Waals surface area contributed by atoms with Crippen molar-refractivity contribution in [3.8, 4) is 5.75 Å². The standard InChI is InChI=1S/C21H19ClN2O2S/c1-4-11-27-21-23-18(12-15-7-5-14(2)6-8-15)20(25)24(21)16-9-10-19(26-3)17(22)13-16/h4-10,12-13H,1,11H2,2-3H3/b18-12-. The number of amidine groups is 1. The molecule has 2 aromatic carbocycles. The van der Waals surface area contributed by atoms with Gasteiger partial charge in [0.05, 0.1) is 17.8 Å². The van der Waals surface area contributed by atoms with E-state index in [9.17, 15) is 4.79 Å². The summed E-state index contributed by atoms with van der Waals surface area (Å²) >= 11 is 7.69. The fraction of sp³-hybridized carbons (Fsp3) is 0.143. The second kappa shape index (κ2) is 8.46. The van der Waals surface area contributed by atoms with Crippen LogP contribution in [0.15, 0.2) is 65.8 Å². The van der Waals surface area contributed by atoms with Gasteiger partial charge in [-0.3, -0.25) is 9.69 Å². The number of rotatable bonds is 5. The fourth-order valence-corrected chi connectivity index (χ4v) is 3.57. The third-order valence-corrected chi connectivity index (χ3v) is 5.16. The minimum absolute atomic E-state index is 0.191. The van der Waals surface area contributed by atoms with Crippen molar-refractivity contribution in [3.05, 3.63) is 77.0 Å². The molecule has 4 nitrogen and oxygen atoms in total. The molecule has 0 N–H and O–H groups in total. The number of thioether (sulfide) groups is 1. The molecule has 1 aliphatic heterocycles. The Morgan fingerprint density at radius 1 is 1.26 bits per heavy atom. The molecule has 0 spiro atoms. The maximum atomic E-state index is 13.0. The fourth-order valence-electron chi connectivity index (χ4n) is 2.57. The number of methoxy groups -OCH3 is 1. The lowest BCUT2D eigenvalue weighted by molar-refractivity contribution is -0.113. The van der Waals surface area contributed by atoms with Gasteiger partial charge in [0.15, 0.2) is 5.17 Å². The van der Waals surface area contributed by atoms with Gasteiger partial charge < -0.3 is 4.74 Å². The molecule has 0 unspecified atom stereocenters. The molecule has 138 valence electrons. The first-order valence-electron chi connectivity index (χ1n) is 8.32. The Morgan fingerprint density at radius 3 is 2.63 bits per heavy atom. The number of carbonyl (C=O) groups is 1. The third-order valence-electron chi connectivity index (χ3n) is 3.93. The van der Waals surface area contributed by atoms with Gasteiger partial charge in [0.1, 0.15) is 11.4 Å². The zero-order valence-electron chi connectivity index (χ0n) is 15.1. The van der Waals surface area contributed by atoms with Crippen molar-refractivity contribution in [1.29, 1.82) is 0 Å². The molecule has 0 saturated carbocycles. The number of benzene rings is 2. The first-order chi connectivity index (χ1) is 13.0. The number of amides is 1. The van der Waals surface area contributed by atoms with Gasteiger partial charge in [-0.2, -0.15) is 0 Å². The Bertz CT molecular complexity index is 936. The van der Waals surface area contributed by atoms with Crippen molar-refractivity contribution in [2.24, 2.45) is 4.99 Å². The van der Waals surface area contributed by atoms with Gasteiger partial charge in [-0.1, -0.05) is 59.3 Å². The van der Waals surface area contributed by atoms with Crippen molar-refractivity contribution >= 4 is 46.2 Å². The molecule has 0 atom stereocenters. The highest BCUT2D eigenvalue weighted by Gasteiger charge is 2.32. The lowest BCUT2D eigenvalue weighted by Gasteiger charge is -2.18. The second-order valence-corrected chi connectivity index (χ2v) is 7.29. The van der Waals surface area contributed by atoms with Crippen LogP contribution in [0.2, 0.25) is 5.02 Å². The van der Waals surface area contributed by atoms with Crippen molar-refractivity contribution in [1.82, 2.24) is 0 Å². The van der Waals surface area contributed by atoms with Gasteiger partial charge in [-0.05, 0) is 36.8 Å². The van der Waals surface area contributed by atoms with Crippen molar-refractivity contribution in [2.75, 3.05) is 17.8 Å². The lowest BCUT2D eigenvalue weighted by atomic mass is 10.1. The van der Waals surface area contributed by atoms with Crippen LogP contribution in [0.3, 0.4) is 0 Å². The quantitative estimate of drug-likeness (QED) is 0.505. The predicted molar refractivity (Wildman–Crippen MR) is 115 cm³/mol. The highest BCUT2D eigenvalue weighted by atomic mass is 35.5. The SMILES string of the molecule is C=CCSC1=N/C(=C\c2ccc(C)cc2)C(=O)N1c1ccc(OC)c(Cl)c1. The summed E-state index contributed by atoms with van der Waals surface area (Å²) < 4.78 is 5.20. The van der Waals surface area contributed by atoms with Crippen molar-refractivity contribution < 1.29 is 9.53 Å². The molecule has 0 bridgehead atoms. The average molecular weight is 399 g/mol. The summed E-state index contributed by atoms with van der Waals surface area (Å²) in [7, 11) is 1.55. The molecule has 1 heterocycles. The van der Waals surface area contributed by atoms with Crippen LogP contribution >= 0.6 is 23.4 Å². The van der Waals surface area contributed by atoms with Crippen LogP contribution in [0.25, 0.3) is 6.08 Å². The minimum Gasteiger partial charge on any atom is -0.495 e. The lowest BCUT2D eigenvalue weighted by Crippen LogP contribution is -2.30. The van der Waals surface area contributed by atoms with E-state index in [0.29, 0.717) is 33.1 Å². The molecule has 0 aliphatic carbocycles. The van der Waals surface area contributed by atoms with Gasteiger partial charge >= 0.3 is 0 Å². The first kappa shape index (κ1) is 19.3. The minimum atomic E-state index is -0.191. The average Bonchev–Trinajstić information content (AvgIpc) is 2.97. The number of ether oxygens (including phenoxy) is 1. The molecule has 6 heteroatoms. The molecule has 0 fully saturated rings. The van der Waals surface area contributed by atoms with E-state index in [1.807, 2.05) is 31.2 Å². The number of halogens is 1. The van der Waals surface area contributed by atoms with E-state index in [2.05, 4.69) is 11.6 Å². The Morgan fingerprint density at radius 2 is 2.00 bits per heavy atom. The van der Waals surface area contributed by atoms with E-state index in [1.165, 1.54) is 11.8 Å². The van der Waals surface area contributed by atoms with Crippen LogP contribution in [-0.4, -0.2) is 23.9 Å². The van der Waals surface area contributed by atoms with Gasteiger partial charge in [0, 0.05) is 5.75 Å². The number of aryl methyl sites for hydroxylation is 1. The van der Waals surface area contributed by atoms with Crippen LogP contribution in [0.4, 0.5) is 5.69 Å². The topological polar surface area (TPSA) is 41.9 Å². The van der Waals surface area contributed by atoms with E-state index < -0.39 is 0 Å². The molecule has 0 radical (unpaired) electrons. The summed E-state index contributed by atoms with van der Waals surface area (Å²) in [6.45, 7) is 5.76. The Kier molecular flexibility index (Phi) is 6.04. The maximum Gasteiger partial charge on any atom is 0.283 e. The largest absolute Gasteiger partial charge is 0.495 e. The Labute approximate surface area is 168 Å². The summed E-state index contributed by atoms with van der Waals surface area (Å²) in [5.74, 6) is 1.01. The van der Waals surface area contributed by atoms with Gasteiger partial charge in [-0.15, -0.1) is 6.58 Å². The molecular formula is C21H19ClN2O2S. The molecule has 0 saturated heterocycles. The summed E-state index contributed by atoms with van der Waals surface area (Å²) in [5.41, 5.74) is 3.12. The highest BCUT2D eigenvalue weighted by molar-refractivity contribution is 8.14. The summed E-state index contributed by atoms with van der Waals surface area (Å²) in [6.07, 6.45) is 3.57. The van der Waals surface area contributed by atoms with Crippen LogP contribution in [0, 0.1) is 6.92 Å². The summed E-state index contributed by atoms with van der Waals surface area (Å²) in [4.78, 5) is 19.2. The molecule has 1 aliphatic rings. The van der Waals surface area contributed by atoms with E-state index >= 15 is 0 Å². The number of hydrogen-bond donors (Lipinski definition) is 0. The van der Waals surface area contributed by atoms with Crippen LogP contribution in [0.1, 0.15) is 11.1 Å². The second-order valence-electron chi connectivity index (χ2n) is 5.89. The third kappa shape index (κ3) is 4.26. The zero-order valence-corrected chi connectivity index (χ0v) is 16.7. The molecule has 27 heavy (non-hydrogen) atoms. The smallest absolute Gasteiger partial charge is 0.283 e. The Hall–Kier alpha value is -2.50. The maximum absolute atomic E-state index is 13.0. The van der Waals surface area contributed by atoms with Gasteiger partial charge in [-0.25, -0.2) is 4.99 Å². The normalized spacial score (nSPS) is 15.2. The van der Waals surface area contributed by atoms with E-state index in [-0.39, 0.29) is 5.91 Å². The molecule has 0 aromatic heterocycles. The summed E-state index contributed by atoms with van der Waals surface area (Å²) in [6, 6.07) is 13.2.